The van der Waals surface area contributed by atoms with E-state index in [2.05, 4.69) is 14.7 Å². The zero-order chi connectivity index (χ0) is 13.3. The van der Waals surface area contributed by atoms with Crippen LogP contribution in [-0.4, -0.2) is 23.3 Å². The number of hydrogen-bond donors (Lipinski definition) is 2. The van der Waals surface area contributed by atoms with Crippen molar-refractivity contribution < 1.29 is 13.3 Å². The molecule has 11 heteroatoms. The molecule has 0 aliphatic rings. The Morgan fingerprint density at radius 2 is 2.28 bits per heavy atom. The third-order valence-electron chi connectivity index (χ3n) is 1.84. The van der Waals surface area contributed by atoms with Crippen molar-refractivity contribution in [3.8, 4) is 0 Å². The van der Waals surface area contributed by atoms with Gasteiger partial charge in [0.1, 0.15) is 4.21 Å². The van der Waals surface area contributed by atoms with Gasteiger partial charge >= 0.3 is 0 Å². The van der Waals surface area contributed by atoms with Gasteiger partial charge in [-0.1, -0.05) is 11.6 Å². The zero-order valence-electron chi connectivity index (χ0n) is 8.45. The van der Waals surface area contributed by atoms with Crippen molar-refractivity contribution in [1.82, 2.24) is 9.97 Å². The maximum absolute atomic E-state index is 11.8. The first kappa shape index (κ1) is 12.8. The van der Waals surface area contributed by atoms with Gasteiger partial charge in [-0.25, -0.2) is 18.1 Å². The van der Waals surface area contributed by atoms with E-state index in [-0.39, 0.29) is 14.5 Å². The number of aromatic nitrogens is 2. The molecule has 0 saturated heterocycles. The van der Waals surface area contributed by atoms with Gasteiger partial charge in [-0.3, -0.25) is 10.1 Å². The molecule has 2 N–H and O–H groups in total. The van der Waals surface area contributed by atoms with Crippen LogP contribution in [-0.2, 0) is 10.0 Å². The fourth-order valence-electron chi connectivity index (χ4n) is 1.09. The molecule has 2 aromatic rings. The highest BCUT2D eigenvalue weighted by Gasteiger charge is 2.25. The minimum Gasteiger partial charge on any atom is -0.330 e. The number of anilines is 1. The summed E-state index contributed by atoms with van der Waals surface area (Å²) in [6.45, 7) is 0. The molecule has 2 heterocycles. The number of hydrogen-bond acceptors (Lipinski definition) is 6. The quantitative estimate of drug-likeness (QED) is 0.660. The molecule has 2 rings (SSSR count). The summed E-state index contributed by atoms with van der Waals surface area (Å²) in [4.78, 5) is 16.1. The molecule has 18 heavy (non-hydrogen) atoms. The van der Waals surface area contributed by atoms with E-state index >= 15 is 0 Å². The summed E-state index contributed by atoms with van der Waals surface area (Å²) < 4.78 is 25.4. The van der Waals surface area contributed by atoms with E-state index in [0.29, 0.717) is 11.3 Å². The van der Waals surface area contributed by atoms with E-state index in [1.807, 2.05) is 0 Å². The smallest absolute Gasteiger partial charge is 0.300 e. The summed E-state index contributed by atoms with van der Waals surface area (Å²) in [5, 5.41) is 10.6. The Hall–Kier alpha value is -1.65. The summed E-state index contributed by atoms with van der Waals surface area (Å²) >= 11 is 6.19. The Labute approximate surface area is 110 Å². The summed E-state index contributed by atoms with van der Waals surface area (Å²) in [5.74, 6) is 0.0159. The van der Waals surface area contributed by atoms with Gasteiger partial charge in [-0.05, 0) is 0 Å². The van der Waals surface area contributed by atoms with E-state index < -0.39 is 20.6 Å². The van der Waals surface area contributed by atoms with Gasteiger partial charge in [-0.2, -0.15) is 0 Å². The van der Waals surface area contributed by atoms with Crippen molar-refractivity contribution in [3.05, 3.63) is 32.9 Å². The molecule has 96 valence electrons. The Morgan fingerprint density at radius 3 is 2.78 bits per heavy atom. The lowest BCUT2D eigenvalue weighted by Crippen LogP contribution is -2.12. The minimum absolute atomic E-state index is 0.0159. The third-order valence-corrected chi connectivity index (χ3v) is 4.99. The zero-order valence-corrected chi connectivity index (χ0v) is 10.8. The SMILES string of the molecule is O=[N+]([O-])c1cc(S(=O)(=O)Nc2ncc[nH]2)sc1Cl. The second-order valence-electron chi connectivity index (χ2n) is 3.02. The molecule has 0 aliphatic heterocycles. The van der Waals surface area contributed by atoms with Gasteiger partial charge in [0.2, 0.25) is 5.95 Å². The average Bonchev–Trinajstić information content (AvgIpc) is 2.86. The highest BCUT2D eigenvalue weighted by Crippen LogP contribution is 2.36. The van der Waals surface area contributed by atoms with Gasteiger partial charge in [0.05, 0.1) is 4.92 Å². The van der Waals surface area contributed by atoms with Crippen molar-refractivity contribution in [3.63, 3.8) is 0 Å². The molecule has 0 atom stereocenters. The molecule has 0 amide bonds. The molecule has 0 aromatic carbocycles. The Bertz CT molecular complexity index is 678. The number of rotatable bonds is 4. The van der Waals surface area contributed by atoms with Gasteiger partial charge in [0, 0.05) is 18.5 Å². The number of H-pyrrole nitrogens is 1. The monoisotopic (exact) mass is 308 g/mol. The predicted molar refractivity (Wildman–Crippen MR) is 65.4 cm³/mol. The second-order valence-corrected chi connectivity index (χ2v) is 6.59. The first-order valence-electron chi connectivity index (χ1n) is 4.36. The summed E-state index contributed by atoms with van der Waals surface area (Å²) in [5.41, 5.74) is -0.443. The molecule has 0 bridgehead atoms. The van der Waals surface area contributed by atoms with Crippen LogP contribution >= 0.6 is 22.9 Å². The number of nitrogens with zero attached hydrogens (tertiary/aromatic N) is 2. The van der Waals surface area contributed by atoms with Crippen LogP contribution in [0.25, 0.3) is 0 Å². The van der Waals surface area contributed by atoms with E-state index in [0.717, 1.165) is 6.07 Å². The molecular weight excluding hydrogens is 304 g/mol. The van der Waals surface area contributed by atoms with Crippen LogP contribution in [0.15, 0.2) is 22.7 Å². The topological polar surface area (TPSA) is 118 Å². The van der Waals surface area contributed by atoms with Crippen LogP contribution in [0.1, 0.15) is 0 Å². The number of halogens is 1. The molecule has 0 unspecified atom stereocenters. The Kier molecular flexibility index (Phi) is 3.24. The lowest BCUT2D eigenvalue weighted by molar-refractivity contribution is -0.384. The molecular formula is C7H5ClN4O4S2. The van der Waals surface area contributed by atoms with Crippen LogP contribution in [0.3, 0.4) is 0 Å². The fraction of sp³-hybridized carbons (Fsp3) is 0. The van der Waals surface area contributed by atoms with Gasteiger partial charge in [0.15, 0.2) is 4.34 Å². The van der Waals surface area contributed by atoms with Crippen molar-refractivity contribution in [2.24, 2.45) is 0 Å². The average molecular weight is 309 g/mol. The summed E-state index contributed by atoms with van der Waals surface area (Å²) in [6, 6.07) is 0.901. The number of thiophene rings is 1. The van der Waals surface area contributed by atoms with E-state index in [1.54, 1.807) is 0 Å². The summed E-state index contributed by atoms with van der Waals surface area (Å²) in [6.07, 6.45) is 2.80. The molecule has 0 spiro atoms. The third kappa shape index (κ3) is 2.44. The second kappa shape index (κ2) is 4.55. The number of nitrogens with one attached hydrogen (secondary N) is 2. The number of sulfonamides is 1. The van der Waals surface area contributed by atoms with Crippen molar-refractivity contribution >= 4 is 44.6 Å². The van der Waals surface area contributed by atoms with Crippen LogP contribution in [0.2, 0.25) is 4.34 Å². The number of nitro groups is 1. The molecule has 0 radical (unpaired) electrons. The lowest BCUT2D eigenvalue weighted by atomic mass is 10.6. The van der Waals surface area contributed by atoms with Gasteiger partial charge < -0.3 is 4.98 Å². The molecule has 0 fully saturated rings. The van der Waals surface area contributed by atoms with Gasteiger partial charge in [-0.15, -0.1) is 11.3 Å². The van der Waals surface area contributed by atoms with Crippen LogP contribution in [0, 0.1) is 10.1 Å². The first-order valence-corrected chi connectivity index (χ1v) is 7.04. The maximum Gasteiger partial charge on any atom is 0.300 e. The summed E-state index contributed by atoms with van der Waals surface area (Å²) in [7, 11) is -3.93. The Balaban J connectivity index is 2.36. The number of imidazole rings is 1. The highest BCUT2D eigenvalue weighted by molar-refractivity contribution is 7.94. The Morgan fingerprint density at radius 1 is 1.56 bits per heavy atom. The standard InChI is InChI=1S/C7H5ClN4O4S2/c8-6-4(12(13)14)3-5(17-6)18(15,16)11-7-9-1-2-10-7/h1-3H,(H2,9,10,11). The van der Waals surface area contributed by atoms with Crippen LogP contribution < -0.4 is 4.72 Å². The van der Waals surface area contributed by atoms with Crippen LogP contribution in [0.4, 0.5) is 11.6 Å². The predicted octanol–water partition coefficient (Wildman–Crippen LogP) is 1.83. The highest BCUT2D eigenvalue weighted by atomic mass is 35.5. The molecule has 0 aliphatic carbocycles. The van der Waals surface area contributed by atoms with Crippen molar-refractivity contribution in [2.45, 2.75) is 4.21 Å². The molecule has 0 saturated carbocycles. The largest absolute Gasteiger partial charge is 0.330 e. The fourth-order valence-corrected chi connectivity index (χ4v) is 3.74. The van der Waals surface area contributed by atoms with E-state index in [4.69, 9.17) is 11.6 Å². The minimum atomic E-state index is -3.93. The van der Waals surface area contributed by atoms with E-state index in [1.165, 1.54) is 12.4 Å². The van der Waals surface area contributed by atoms with Crippen molar-refractivity contribution in [1.29, 1.82) is 0 Å². The molecule has 8 nitrogen and oxygen atoms in total. The van der Waals surface area contributed by atoms with Crippen molar-refractivity contribution in [2.75, 3.05) is 4.72 Å². The molecule has 2 aromatic heterocycles. The number of aromatic amines is 1. The van der Waals surface area contributed by atoms with E-state index in [9.17, 15) is 18.5 Å². The first-order chi connectivity index (χ1) is 8.40. The van der Waals surface area contributed by atoms with Crippen LogP contribution in [0.5, 0.6) is 0 Å². The van der Waals surface area contributed by atoms with Gasteiger partial charge in [0.25, 0.3) is 15.7 Å². The lowest BCUT2D eigenvalue weighted by Gasteiger charge is -2.00. The normalized spacial score (nSPS) is 11.4. The maximum atomic E-state index is 11.8.